The van der Waals surface area contributed by atoms with E-state index < -0.39 is 0 Å². The Morgan fingerprint density at radius 2 is 1.05 bits per heavy atom. The van der Waals surface area contributed by atoms with Gasteiger partial charge in [0.1, 0.15) is 23.0 Å². The van der Waals surface area contributed by atoms with E-state index in [0.29, 0.717) is 0 Å². The second kappa shape index (κ2) is 6.35. The molecular formula is C20H18O2. The molecule has 2 nitrogen and oxygen atoms in total. The molecule has 0 atom stereocenters. The van der Waals surface area contributed by atoms with Crippen molar-refractivity contribution in [1.29, 1.82) is 0 Å². The summed E-state index contributed by atoms with van der Waals surface area (Å²) in [6.07, 6.45) is 0. The van der Waals surface area contributed by atoms with Gasteiger partial charge in [0.2, 0.25) is 0 Å². The second-order valence-electron chi connectivity index (χ2n) is 5.32. The molecule has 22 heavy (non-hydrogen) atoms. The molecule has 3 aromatic carbocycles. The SMILES string of the molecule is Cc1cc(C)cc(Oc2cccc(Oc3ccccc3)c2)c1. The van der Waals surface area contributed by atoms with Crippen LogP contribution in [0.4, 0.5) is 0 Å². The van der Waals surface area contributed by atoms with Crippen LogP contribution in [-0.2, 0) is 0 Å². The average Bonchev–Trinajstić information content (AvgIpc) is 2.47. The molecule has 3 rings (SSSR count). The van der Waals surface area contributed by atoms with Gasteiger partial charge >= 0.3 is 0 Å². The summed E-state index contributed by atoms with van der Waals surface area (Å²) >= 11 is 0. The molecule has 0 aliphatic rings. The molecule has 0 N–H and O–H groups in total. The number of rotatable bonds is 4. The fraction of sp³-hybridized carbons (Fsp3) is 0.100. The summed E-state index contributed by atoms with van der Waals surface area (Å²) in [6.45, 7) is 4.13. The van der Waals surface area contributed by atoms with E-state index in [-0.39, 0.29) is 0 Å². The van der Waals surface area contributed by atoms with Crippen molar-refractivity contribution in [2.75, 3.05) is 0 Å². The Kier molecular flexibility index (Phi) is 4.10. The number of benzene rings is 3. The third kappa shape index (κ3) is 3.67. The maximum Gasteiger partial charge on any atom is 0.131 e. The van der Waals surface area contributed by atoms with E-state index in [2.05, 4.69) is 19.9 Å². The highest BCUT2D eigenvalue weighted by Gasteiger charge is 2.02. The Labute approximate surface area is 131 Å². The van der Waals surface area contributed by atoms with Gasteiger partial charge < -0.3 is 9.47 Å². The molecule has 0 aromatic heterocycles. The first-order valence-corrected chi connectivity index (χ1v) is 7.28. The minimum atomic E-state index is 0.757. The van der Waals surface area contributed by atoms with Crippen molar-refractivity contribution in [2.24, 2.45) is 0 Å². The van der Waals surface area contributed by atoms with E-state index in [4.69, 9.17) is 9.47 Å². The molecule has 0 bridgehead atoms. The van der Waals surface area contributed by atoms with Gasteiger partial charge in [-0.1, -0.05) is 30.3 Å². The number of ether oxygens (including phenoxy) is 2. The van der Waals surface area contributed by atoms with Crippen LogP contribution in [0.1, 0.15) is 11.1 Å². The van der Waals surface area contributed by atoms with Crippen molar-refractivity contribution < 1.29 is 9.47 Å². The number of para-hydroxylation sites is 1. The quantitative estimate of drug-likeness (QED) is 0.596. The molecule has 0 amide bonds. The van der Waals surface area contributed by atoms with Gasteiger partial charge in [0.05, 0.1) is 0 Å². The number of aryl methyl sites for hydroxylation is 2. The molecule has 0 radical (unpaired) electrons. The summed E-state index contributed by atoms with van der Waals surface area (Å²) < 4.78 is 11.8. The summed E-state index contributed by atoms with van der Waals surface area (Å²) in [4.78, 5) is 0. The van der Waals surface area contributed by atoms with E-state index in [1.807, 2.05) is 66.7 Å². The molecule has 110 valence electrons. The van der Waals surface area contributed by atoms with Crippen molar-refractivity contribution in [3.8, 4) is 23.0 Å². The van der Waals surface area contributed by atoms with Gasteiger partial charge in [-0.2, -0.15) is 0 Å². The molecule has 0 fully saturated rings. The molecule has 0 saturated carbocycles. The lowest BCUT2D eigenvalue weighted by Gasteiger charge is -2.10. The van der Waals surface area contributed by atoms with Crippen LogP contribution in [0.5, 0.6) is 23.0 Å². The Hall–Kier alpha value is -2.74. The normalized spacial score (nSPS) is 10.3. The lowest BCUT2D eigenvalue weighted by Crippen LogP contribution is -1.88. The van der Waals surface area contributed by atoms with E-state index in [9.17, 15) is 0 Å². The van der Waals surface area contributed by atoms with Gasteiger partial charge in [-0.3, -0.25) is 0 Å². The van der Waals surface area contributed by atoms with Crippen molar-refractivity contribution in [2.45, 2.75) is 13.8 Å². The highest BCUT2D eigenvalue weighted by molar-refractivity contribution is 5.41. The lowest BCUT2D eigenvalue weighted by atomic mass is 10.1. The number of hydrogen-bond donors (Lipinski definition) is 0. The summed E-state index contributed by atoms with van der Waals surface area (Å²) in [5, 5.41) is 0. The van der Waals surface area contributed by atoms with Crippen molar-refractivity contribution >= 4 is 0 Å². The predicted molar refractivity (Wildman–Crippen MR) is 88.9 cm³/mol. The lowest BCUT2D eigenvalue weighted by molar-refractivity contribution is 0.460. The molecule has 0 aliphatic heterocycles. The molecule has 0 unspecified atom stereocenters. The van der Waals surface area contributed by atoms with Gasteiger partial charge in [0, 0.05) is 6.07 Å². The zero-order valence-electron chi connectivity index (χ0n) is 12.7. The summed E-state index contributed by atoms with van der Waals surface area (Å²) in [6, 6.07) is 23.6. The summed E-state index contributed by atoms with van der Waals surface area (Å²) in [5.74, 6) is 3.17. The minimum absolute atomic E-state index is 0.757. The highest BCUT2D eigenvalue weighted by Crippen LogP contribution is 2.29. The Morgan fingerprint density at radius 1 is 0.500 bits per heavy atom. The molecule has 0 saturated heterocycles. The van der Waals surface area contributed by atoms with E-state index in [1.165, 1.54) is 11.1 Å². The Balaban J connectivity index is 1.79. The van der Waals surface area contributed by atoms with E-state index in [1.54, 1.807) is 0 Å². The maximum absolute atomic E-state index is 5.94. The van der Waals surface area contributed by atoms with Crippen LogP contribution in [-0.4, -0.2) is 0 Å². The van der Waals surface area contributed by atoms with Crippen LogP contribution in [0.15, 0.2) is 72.8 Å². The smallest absolute Gasteiger partial charge is 0.131 e. The largest absolute Gasteiger partial charge is 0.457 e. The Morgan fingerprint density at radius 3 is 1.68 bits per heavy atom. The topological polar surface area (TPSA) is 18.5 Å². The van der Waals surface area contributed by atoms with Crippen LogP contribution in [0.2, 0.25) is 0 Å². The zero-order chi connectivity index (χ0) is 15.4. The average molecular weight is 290 g/mol. The van der Waals surface area contributed by atoms with Crippen LogP contribution >= 0.6 is 0 Å². The van der Waals surface area contributed by atoms with Gasteiger partial charge in [0.25, 0.3) is 0 Å². The fourth-order valence-electron chi connectivity index (χ4n) is 2.35. The predicted octanol–water partition coefficient (Wildman–Crippen LogP) is 5.89. The molecule has 0 spiro atoms. The second-order valence-corrected chi connectivity index (χ2v) is 5.32. The summed E-state index contributed by atoms with van der Waals surface area (Å²) in [7, 11) is 0. The molecule has 0 heterocycles. The van der Waals surface area contributed by atoms with E-state index in [0.717, 1.165) is 23.0 Å². The van der Waals surface area contributed by atoms with Crippen molar-refractivity contribution in [3.63, 3.8) is 0 Å². The van der Waals surface area contributed by atoms with Crippen LogP contribution < -0.4 is 9.47 Å². The maximum atomic E-state index is 5.94. The van der Waals surface area contributed by atoms with Gasteiger partial charge in [-0.25, -0.2) is 0 Å². The van der Waals surface area contributed by atoms with E-state index >= 15 is 0 Å². The fourth-order valence-corrected chi connectivity index (χ4v) is 2.35. The first-order chi connectivity index (χ1) is 10.7. The summed E-state index contributed by atoms with van der Waals surface area (Å²) in [5.41, 5.74) is 2.37. The van der Waals surface area contributed by atoms with Crippen LogP contribution in [0.3, 0.4) is 0 Å². The zero-order valence-corrected chi connectivity index (χ0v) is 12.7. The molecular weight excluding hydrogens is 272 g/mol. The van der Waals surface area contributed by atoms with Crippen LogP contribution in [0.25, 0.3) is 0 Å². The first-order valence-electron chi connectivity index (χ1n) is 7.28. The molecule has 0 aliphatic carbocycles. The number of hydrogen-bond acceptors (Lipinski definition) is 2. The van der Waals surface area contributed by atoms with Gasteiger partial charge in [-0.05, 0) is 61.4 Å². The van der Waals surface area contributed by atoms with Gasteiger partial charge in [0.15, 0.2) is 0 Å². The molecule has 2 heteroatoms. The van der Waals surface area contributed by atoms with Gasteiger partial charge in [-0.15, -0.1) is 0 Å². The minimum Gasteiger partial charge on any atom is -0.457 e. The first kappa shape index (κ1) is 14.2. The molecule has 3 aromatic rings. The third-order valence-electron chi connectivity index (χ3n) is 3.22. The monoisotopic (exact) mass is 290 g/mol. The highest BCUT2D eigenvalue weighted by atomic mass is 16.5. The third-order valence-corrected chi connectivity index (χ3v) is 3.22. The Bertz CT molecular complexity index is 743. The van der Waals surface area contributed by atoms with Crippen molar-refractivity contribution in [3.05, 3.63) is 83.9 Å². The van der Waals surface area contributed by atoms with Crippen molar-refractivity contribution in [1.82, 2.24) is 0 Å². The van der Waals surface area contributed by atoms with Crippen LogP contribution in [0, 0.1) is 13.8 Å². The standard InChI is InChI=1S/C20H18O2/c1-15-11-16(2)13-20(12-15)22-19-10-6-9-18(14-19)21-17-7-4-3-5-8-17/h3-14H,1-2H3.